The van der Waals surface area contributed by atoms with E-state index < -0.39 is 12.1 Å². The Morgan fingerprint density at radius 3 is 2.79 bits per heavy atom. The normalized spacial score (nSPS) is 23.4. The topological polar surface area (TPSA) is 103 Å². The van der Waals surface area contributed by atoms with Crippen LogP contribution in [0.2, 0.25) is 0 Å². The average Bonchev–Trinajstić information content (AvgIpc) is 2.84. The number of urea groups is 1. The van der Waals surface area contributed by atoms with Gasteiger partial charge in [0, 0.05) is 20.1 Å². The van der Waals surface area contributed by atoms with Crippen molar-refractivity contribution in [2.75, 3.05) is 20.1 Å². The van der Waals surface area contributed by atoms with E-state index in [0.717, 1.165) is 0 Å². The lowest BCUT2D eigenvalue weighted by Gasteiger charge is -2.20. The van der Waals surface area contributed by atoms with Gasteiger partial charge in [-0.15, -0.1) is 0 Å². The summed E-state index contributed by atoms with van der Waals surface area (Å²) in [6.45, 7) is 2.38. The first-order valence-electron chi connectivity index (χ1n) is 6.21. The first-order valence-corrected chi connectivity index (χ1v) is 6.21. The SMILES string of the molecule is CC(C#N)CN(C)C(=O)NCC1CCC(C(=O)O)O1. The molecule has 0 bridgehead atoms. The van der Waals surface area contributed by atoms with Crippen LogP contribution in [0.3, 0.4) is 0 Å². The highest BCUT2D eigenvalue weighted by Gasteiger charge is 2.30. The number of ether oxygens (including phenoxy) is 1. The summed E-state index contributed by atoms with van der Waals surface area (Å²) < 4.78 is 5.27. The molecule has 0 radical (unpaired) electrons. The molecule has 7 heteroatoms. The van der Waals surface area contributed by atoms with Crippen LogP contribution in [0.1, 0.15) is 19.8 Å². The van der Waals surface area contributed by atoms with Gasteiger partial charge in [-0.05, 0) is 19.8 Å². The van der Waals surface area contributed by atoms with Crippen LogP contribution >= 0.6 is 0 Å². The van der Waals surface area contributed by atoms with E-state index in [1.807, 2.05) is 0 Å². The Kier molecular flexibility index (Phi) is 5.57. The maximum absolute atomic E-state index is 11.7. The molecule has 2 amide bonds. The van der Waals surface area contributed by atoms with Gasteiger partial charge in [-0.25, -0.2) is 9.59 Å². The van der Waals surface area contributed by atoms with Gasteiger partial charge in [0.15, 0.2) is 6.10 Å². The van der Waals surface area contributed by atoms with Crippen molar-refractivity contribution in [3.63, 3.8) is 0 Å². The second kappa shape index (κ2) is 6.95. The quantitative estimate of drug-likeness (QED) is 0.753. The molecule has 3 unspecified atom stereocenters. The molecule has 7 nitrogen and oxygen atoms in total. The molecule has 0 aromatic heterocycles. The molecule has 0 aromatic rings. The molecule has 3 atom stereocenters. The van der Waals surface area contributed by atoms with Crippen molar-refractivity contribution in [3.8, 4) is 6.07 Å². The van der Waals surface area contributed by atoms with E-state index in [0.29, 0.717) is 19.4 Å². The fourth-order valence-electron chi connectivity index (χ4n) is 1.91. The average molecular weight is 269 g/mol. The summed E-state index contributed by atoms with van der Waals surface area (Å²) in [5, 5.41) is 20.1. The Labute approximate surface area is 112 Å². The van der Waals surface area contributed by atoms with Gasteiger partial charge in [-0.2, -0.15) is 5.26 Å². The number of carboxylic acids is 1. The third-order valence-electron chi connectivity index (χ3n) is 2.98. The van der Waals surface area contributed by atoms with E-state index in [1.165, 1.54) is 4.90 Å². The predicted octanol–water partition coefficient (Wildman–Crippen LogP) is 0.420. The molecule has 106 valence electrons. The van der Waals surface area contributed by atoms with Crippen LogP contribution in [0.5, 0.6) is 0 Å². The van der Waals surface area contributed by atoms with E-state index in [9.17, 15) is 9.59 Å². The number of aliphatic carboxylic acids is 1. The monoisotopic (exact) mass is 269 g/mol. The predicted molar refractivity (Wildman–Crippen MR) is 66.3 cm³/mol. The van der Waals surface area contributed by atoms with Gasteiger partial charge in [-0.3, -0.25) is 0 Å². The molecular formula is C12H19N3O4. The fraction of sp³-hybridized carbons (Fsp3) is 0.750. The van der Waals surface area contributed by atoms with Crippen LogP contribution in [0.25, 0.3) is 0 Å². The number of carboxylic acid groups (broad SMARTS) is 1. The summed E-state index contributed by atoms with van der Waals surface area (Å²) in [6.07, 6.45) is 0.0669. The zero-order valence-electron chi connectivity index (χ0n) is 11.1. The molecule has 1 fully saturated rings. The summed E-state index contributed by atoms with van der Waals surface area (Å²) in [7, 11) is 1.61. The van der Waals surface area contributed by atoms with Crippen molar-refractivity contribution < 1.29 is 19.4 Å². The minimum Gasteiger partial charge on any atom is -0.479 e. The second-order valence-corrected chi connectivity index (χ2v) is 4.76. The molecule has 1 heterocycles. The standard InChI is InChI=1S/C12H19N3O4/c1-8(5-13)7-15(2)12(18)14-6-9-3-4-10(19-9)11(16)17/h8-10H,3-4,6-7H2,1-2H3,(H,14,18)(H,16,17). The molecule has 2 N–H and O–H groups in total. The van der Waals surface area contributed by atoms with Gasteiger partial charge in [0.05, 0.1) is 18.1 Å². The van der Waals surface area contributed by atoms with Gasteiger partial charge >= 0.3 is 12.0 Å². The Hall–Kier alpha value is -1.81. The number of carbonyl (C=O) groups excluding carboxylic acids is 1. The number of hydrogen-bond donors (Lipinski definition) is 2. The molecular weight excluding hydrogens is 250 g/mol. The van der Waals surface area contributed by atoms with Gasteiger partial charge in [0.25, 0.3) is 0 Å². The number of carbonyl (C=O) groups is 2. The maximum Gasteiger partial charge on any atom is 0.332 e. The molecule has 0 saturated carbocycles. The highest BCUT2D eigenvalue weighted by atomic mass is 16.5. The molecule has 0 aliphatic carbocycles. The smallest absolute Gasteiger partial charge is 0.332 e. The molecule has 0 aromatic carbocycles. The number of amides is 2. The van der Waals surface area contributed by atoms with Crippen molar-refractivity contribution in [1.29, 1.82) is 5.26 Å². The highest BCUT2D eigenvalue weighted by Crippen LogP contribution is 2.19. The number of hydrogen-bond acceptors (Lipinski definition) is 4. The van der Waals surface area contributed by atoms with Crippen LogP contribution in [0.15, 0.2) is 0 Å². The van der Waals surface area contributed by atoms with Crippen LogP contribution in [0.4, 0.5) is 4.79 Å². The van der Waals surface area contributed by atoms with E-state index >= 15 is 0 Å². The number of nitrogens with zero attached hydrogens (tertiary/aromatic N) is 2. The summed E-state index contributed by atoms with van der Waals surface area (Å²) in [4.78, 5) is 23.8. The van der Waals surface area contributed by atoms with Crippen molar-refractivity contribution in [1.82, 2.24) is 10.2 Å². The first kappa shape index (κ1) is 15.2. The van der Waals surface area contributed by atoms with Crippen molar-refractivity contribution >= 4 is 12.0 Å². The summed E-state index contributed by atoms with van der Waals surface area (Å²) in [6, 6.07) is 1.77. The minimum atomic E-state index is -0.964. The Balaban J connectivity index is 2.28. The lowest BCUT2D eigenvalue weighted by Crippen LogP contribution is -2.42. The van der Waals surface area contributed by atoms with Crippen molar-refractivity contribution in [2.24, 2.45) is 5.92 Å². The van der Waals surface area contributed by atoms with Gasteiger partial charge in [0.1, 0.15) is 0 Å². The lowest BCUT2D eigenvalue weighted by atomic mass is 10.2. The summed E-state index contributed by atoms with van der Waals surface area (Å²) >= 11 is 0. The Morgan fingerprint density at radius 2 is 2.26 bits per heavy atom. The van der Waals surface area contributed by atoms with E-state index in [-0.39, 0.29) is 24.6 Å². The Bertz CT molecular complexity index is 380. The van der Waals surface area contributed by atoms with Crippen LogP contribution < -0.4 is 5.32 Å². The highest BCUT2D eigenvalue weighted by molar-refractivity contribution is 5.74. The van der Waals surface area contributed by atoms with Crippen LogP contribution in [0, 0.1) is 17.2 Å². The van der Waals surface area contributed by atoms with Crippen molar-refractivity contribution in [3.05, 3.63) is 0 Å². The first-order chi connectivity index (χ1) is 8.93. The number of nitriles is 1. The summed E-state index contributed by atoms with van der Waals surface area (Å²) in [5.41, 5.74) is 0. The van der Waals surface area contributed by atoms with Crippen LogP contribution in [-0.4, -0.2) is 54.4 Å². The van der Waals surface area contributed by atoms with E-state index in [1.54, 1.807) is 14.0 Å². The third kappa shape index (κ3) is 4.75. The zero-order valence-corrected chi connectivity index (χ0v) is 11.1. The van der Waals surface area contributed by atoms with Gasteiger partial charge in [0.2, 0.25) is 0 Å². The van der Waals surface area contributed by atoms with Crippen LogP contribution in [-0.2, 0) is 9.53 Å². The lowest BCUT2D eigenvalue weighted by molar-refractivity contribution is -0.149. The number of rotatable bonds is 5. The zero-order chi connectivity index (χ0) is 14.4. The van der Waals surface area contributed by atoms with E-state index in [2.05, 4.69) is 11.4 Å². The largest absolute Gasteiger partial charge is 0.479 e. The van der Waals surface area contributed by atoms with Gasteiger partial charge in [-0.1, -0.05) is 0 Å². The van der Waals surface area contributed by atoms with Gasteiger partial charge < -0.3 is 20.1 Å². The molecule has 1 rings (SSSR count). The molecule has 1 saturated heterocycles. The molecule has 19 heavy (non-hydrogen) atoms. The molecule has 1 aliphatic rings. The maximum atomic E-state index is 11.7. The molecule has 0 spiro atoms. The third-order valence-corrected chi connectivity index (χ3v) is 2.98. The number of nitrogens with one attached hydrogen (secondary N) is 1. The minimum absolute atomic E-state index is 0.227. The van der Waals surface area contributed by atoms with Crippen molar-refractivity contribution in [2.45, 2.75) is 32.0 Å². The Morgan fingerprint density at radius 1 is 1.58 bits per heavy atom. The van der Waals surface area contributed by atoms with E-state index in [4.69, 9.17) is 15.1 Å². The fourth-order valence-corrected chi connectivity index (χ4v) is 1.91. The summed E-state index contributed by atoms with van der Waals surface area (Å²) in [5.74, 6) is -1.19. The molecule has 1 aliphatic heterocycles. The second-order valence-electron chi connectivity index (χ2n) is 4.76.